The van der Waals surface area contributed by atoms with E-state index in [9.17, 15) is 0 Å². The molecular formula is C7H14N2O. The highest BCUT2D eigenvalue weighted by Crippen LogP contribution is 2.10. The first-order chi connectivity index (χ1) is 4.86. The minimum atomic E-state index is 0.427. The molecule has 0 saturated carbocycles. The van der Waals surface area contributed by atoms with Gasteiger partial charge in [-0.25, -0.2) is 0 Å². The van der Waals surface area contributed by atoms with Gasteiger partial charge in [-0.2, -0.15) is 0 Å². The lowest BCUT2D eigenvalue weighted by atomic mass is 10.1. The molecule has 1 aliphatic rings. The Kier molecular flexibility index (Phi) is 2.68. The lowest BCUT2D eigenvalue weighted by Crippen LogP contribution is -2.35. The summed E-state index contributed by atoms with van der Waals surface area (Å²) in [4.78, 5) is 2.01. The molecule has 0 spiro atoms. The van der Waals surface area contributed by atoms with Gasteiger partial charge >= 0.3 is 0 Å². The second-order valence-corrected chi connectivity index (χ2v) is 2.60. The Morgan fingerprint density at radius 3 is 2.50 bits per heavy atom. The number of nitrogens with zero attached hydrogens (tertiary/aromatic N) is 1. The van der Waals surface area contributed by atoms with Gasteiger partial charge in [-0.1, -0.05) is 0 Å². The molecule has 0 aromatic rings. The molecule has 0 unspecified atom stereocenters. The summed E-state index contributed by atoms with van der Waals surface area (Å²) in [6, 6.07) is 0. The van der Waals surface area contributed by atoms with Crippen LogP contribution in [0.2, 0.25) is 0 Å². The first-order valence-electron chi connectivity index (χ1n) is 3.64. The number of hydrogen-bond acceptors (Lipinski definition) is 2. The number of ether oxygens (including phenoxy) is 1. The normalized spacial score (nSPS) is 21.1. The third-order valence-electron chi connectivity index (χ3n) is 1.99. The van der Waals surface area contributed by atoms with E-state index in [1.165, 1.54) is 6.34 Å². The first-order valence-corrected chi connectivity index (χ1v) is 3.64. The van der Waals surface area contributed by atoms with E-state index in [4.69, 9.17) is 10.1 Å². The molecule has 1 heterocycles. The van der Waals surface area contributed by atoms with Crippen LogP contribution in [0.15, 0.2) is 0 Å². The predicted molar refractivity (Wildman–Crippen MR) is 40.4 cm³/mol. The van der Waals surface area contributed by atoms with Crippen molar-refractivity contribution >= 4 is 6.34 Å². The van der Waals surface area contributed by atoms with E-state index in [-0.39, 0.29) is 0 Å². The number of likely N-dealkylation sites (tertiary alicyclic amines) is 1. The Morgan fingerprint density at radius 2 is 2.10 bits per heavy atom. The molecule has 10 heavy (non-hydrogen) atoms. The van der Waals surface area contributed by atoms with Crippen LogP contribution in [0, 0.1) is 5.41 Å². The minimum absolute atomic E-state index is 0.427. The van der Waals surface area contributed by atoms with Crippen molar-refractivity contribution < 1.29 is 4.74 Å². The van der Waals surface area contributed by atoms with E-state index in [0.29, 0.717) is 6.10 Å². The van der Waals surface area contributed by atoms with Crippen molar-refractivity contribution in [2.24, 2.45) is 0 Å². The van der Waals surface area contributed by atoms with Gasteiger partial charge in [0.15, 0.2) is 0 Å². The Balaban J connectivity index is 2.23. The van der Waals surface area contributed by atoms with Crippen molar-refractivity contribution in [3.63, 3.8) is 0 Å². The number of nitrogens with one attached hydrogen (secondary N) is 1. The maximum absolute atomic E-state index is 6.98. The fourth-order valence-corrected chi connectivity index (χ4v) is 1.24. The van der Waals surface area contributed by atoms with Gasteiger partial charge in [-0.3, -0.25) is 5.41 Å². The topological polar surface area (TPSA) is 36.3 Å². The van der Waals surface area contributed by atoms with Crippen molar-refractivity contribution in [2.45, 2.75) is 18.9 Å². The number of rotatable bonds is 2. The van der Waals surface area contributed by atoms with Crippen LogP contribution in [0.4, 0.5) is 0 Å². The van der Waals surface area contributed by atoms with E-state index in [0.717, 1.165) is 25.9 Å². The predicted octanol–water partition coefficient (Wildman–Crippen LogP) is 0.704. The highest BCUT2D eigenvalue weighted by atomic mass is 16.5. The summed E-state index contributed by atoms with van der Waals surface area (Å²) in [6.07, 6.45) is 3.96. The van der Waals surface area contributed by atoms with Crippen LogP contribution in [0.25, 0.3) is 0 Å². The van der Waals surface area contributed by atoms with Crippen LogP contribution in [0.3, 0.4) is 0 Å². The van der Waals surface area contributed by atoms with Crippen molar-refractivity contribution in [3.8, 4) is 0 Å². The Morgan fingerprint density at radius 1 is 1.50 bits per heavy atom. The molecule has 3 heteroatoms. The molecule has 58 valence electrons. The summed E-state index contributed by atoms with van der Waals surface area (Å²) in [5, 5.41) is 6.98. The lowest BCUT2D eigenvalue weighted by molar-refractivity contribution is 0.0587. The van der Waals surface area contributed by atoms with Gasteiger partial charge in [-0.05, 0) is 12.8 Å². The third-order valence-corrected chi connectivity index (χ3v) is 1.99. The molecule has 0 radical (unpaired) electrons. The molecule has 1 aliphatic heterocycles. The summed E-state index contributed by atoms with van der Waals surface area (Å²) in [7, 11) is 1.75. The summed E-state index contributed by atoms with van der Waals surface area (Å²) in [5.74, 6) is 0. The monoisotopic (exact) mass is 142 g/mol. The van der Waals surface area contributed by atoms with Crippen molar-refractivity contribution in [3.05, 3.63) is 0 Å². The quantitative estimate of drug-likeness (QED) is 0.455. The van der Waals surface area contributed by atoms with Crippen molar-refractivity contribution in [1.82, 2.24) is 4.90 Å². The largest absolute Gasteiger partial charge is 0.381 e. The summed E-state index contributed by atoms with van der Waals surface area (Å²) in [6.45, 7) is 1.95. The van der Waals surface area contributed by atoms with Gasteiger partial charge in [0.2, 0.25) is 0 Å². The average molecular weight is 142 g/mol. The summed E-state index contributed by atoms with van der Waals surface area (Å²) in [5.41, 5.74) is 0. The summed E-state index contributed by atoms with van der Waals surface area (Å²) < 4.78 is 5.18. The Hall–Kier alpha value is -0.570. The molecule has 3 nitrogen and oxygen atoms in total. The fourth-order valence-electron chi connectivity index (χ4n) is 1.24. The van der Waals surface area contributed by atoms with Crippen LogP contribution in [-0.2, 0) is 4.74 Å². The SMILES string of the molecule is COC1CCN(C=N)CC1. The second-order valence-electron chi connectivity index (χ2n) is 2.60. The average Bonchev–Trinajstić information content (AvgIpc) is 2.05. The number of piperidine rings is 1. The maximum atomic E-state index is 6.98. The zero-order chi connectivity index (χ0) is 7.40. The van der Waals surface area contributed by atoms with E-state index in [1.54, 1.807) is 7.11 Å². The summed E-state index contributed by atoms with van der Waals surface area (Å²) >= 11 is 0. The lowest BCUT2D eigenvalue weighted by Gasteiger charge is -2.28. The number of hydrogen-bond donors (Lipinski definition) is 1. The van der Waals surface area contributed by atoms with Crippen LogP contribution in [0.1, 0.15) is 12.8 Å². The van der Waals surface area contributed by atoms with Gasteiger partial charge in [0.25, 0.3) is 0 Å². The molecule has 0 aromatic heterocycles. The molecule has 1 rings (SSSR count). The van der Waals surface area contributed by atoms with Crippen LogP contribution < -0.4 is 0 Å². The first kappa shape index (κ1) is 7.54. The molecular weight excluding hydrogens is 128 g/mol. The van der Waals surface area contributed by atoms with Crippen LogP contribution in [-0.4, -0.2) is 37.5 Å². The van der Waals surface area contributed by atoms with Gasteiger partial charge in [0.1, 0.15) is 0 Å². The standard InChI is InChI=1S/C7H14N2O/c1-10-7-2-4-9(6-8)5-3-7/h6-8H,2-5H2,1H3. The van der Waals surface area contributed by atoms with Crippen molar-refractivity contribution in [2.75, 3.05) is 20.2 Å². The zero-order valence-corrected chi connectivity index (χ0v) is 6.34. The van der Waals surface area contributed by atoms with Gasteiger partial charge < -0.3 is 9.64 Å². The third kappa shape index (κ3) is 1.70. The van der Waals surface area contributed by atoms with Gasteiger partial charge in [0.05, 0.1) is 12.4 Å². The van der Waals surface area contributed by atoms with E-state index >= 15 is 0 Å². The molecule has 1 fully saturated rings. The maximum Gasteiger partial charge on any atom is 0.0817 e. The molecule has 1 N–H and O–H groups in total. The van der Waals surface area contributed by atoms with Crippen molar-refractivity contribution in [1.29, 1.82) is 5.41 Å². The van der Waals surface area contributed by atoms with Gasteiger partial charge in [-0.15, -0.1) is 0 Å². The molecule has 0 bridgehead atoms. The Labute approximate surface area is 61.5 Å². The molecule has 0 aliphatic carbocycles. The van der Waals surface area contributed by atoms with E-state index in [2.05, 4.69) is 0 Å². The molecule has 0 atom stereocenters. The highest BCUT2D eigenvalue weighted by Gasteiger charge is 2.15. The second kappa shape index (κ2) is 3.56. The van der Waals surface area contributed by atoms with E-state index < -0.39 is 0 Å². The number of methoxy groups -OCH3 is 1. The fraction of sp³-hybridized carbons (Fsp3) is 0.857. The molecule has 0 amide bonds. The van der Waals surface area contributed by atoms with Gasteiger partial charge in [0, 0.05) is 20.2 Å². The molecule has 1 saturated heterocycles. The molecule has 0 aromatic carbocycles. The van der Waals surface area contributed by atoms with Crippen LogP contribution in [0.5, 0.6) is 0 Å². The zero-order valence-electron chi connectivity index (χ0n) is 6.34. The highest BCUT2D eigenvalue weighted by molar-refractivity contribution is 5.50. The van der Waals surface area contributed by atoms with E-state index in [1.807, 2.05) is 4.90 Å². The smallest absolute Gasteiger partial charge is 0.0817 e. The minimum Gasteiger partial charge on any atom is -0.381 e. The Bertz CT molecular complexity index is 108. The van der Waals surface area contributed by atoms with Crippen LogP contribution >= 0.6 is 0 Å².